The second-order valence-corrected chi connectivity index (χ2v) is 12.8. The molecular formula is C21H29BrN2O3S. The first-order chi connectivity index (χ1) is 13.0. The van der Waals surface area contributed by atoms with Gasteiger partial charge < -0.3 is 4.90 Å². The highest BCUT2D eigenvalue weighted by molar-refractivity contribution is 9.10. The molecule has 0 aromatic heterocycles. The fourth-order valence-corrected chi connectivity index (χ4v) is 8.46. The molecule has 1 aromatic carbocycles. The van der Waals surface area contributed by atoms with Crippen LogP contribution in [-0.2, 0) is 14.8 Å². The Kier molecular flexibility index (Phi) is 4.95. The molecule has 0 aliphatic heterocycles. The van der Waals surface area contributed by atoms with E-state index in [1.807, 2.05) is 20.0 Å². The van der Waals surface area contributed by atoms with E-state index in [0.717, 1.165) is 23.8 Å². The van der Waals surface area contributed by atoms with Gasteiger partial charge in [-0.05, 0) is 80.4 Å². The molecule has 0 heterocycles. The number of amides is 1. The summed E-state index contributed by atoms with van der Waals surface area (Å²) in [7, 11) is -1.94. The topological polar surface area (TPSA) is 80.5 Å². The lowest BCUT2D eigenvalue weighted by Crippen LogP contribution is -2.54. The summed E-state index contributed by atoms with van der Waals surface area (Å²) in [5, 5.41) is 5.26. The number of primary sulfonamides is 1. The van der Waals surface area contributed by atoms with Crippen molar-refractivity contribution in [1.29, 1.82) is 0 Å². The molecule has 28 heavy (non-hydrogen) atoms. The summed E-state index contributed by atoms with van der Waals surface area (Å²) >= 11 is 4.02. The lowest BCUT2D eigenvalue weighted by Gasteiger charge is -2.60. The van der Waals surface area contributed by atoms with Crippen LogP contribution in [0.15, 0.2) is 29.2 Å². The van der Waals surface area contributed by atoms with Gasteiger partial charge in [-0.3, -0.25) is 4.79 Å². The van der Waals surface area contributed by atoms with Crippen molar-refractivity contribution in [3.05, 3.63) is 29.8 Å². The third kappa shape index (κ3) is 3.77. The Morgan fingerprint density at radius 3 is 2.50 bits per heavy atom. The first kappa shape index (κ1) is 20.4. The zero-order valence-corrected chi connectivity index (χ0v) is 18.9. The number of hydrogen-bond acceptors (Lipinski definition) is 3. The summed E-state index contributed by atoms with van der Waals surface area (Å²) in [6.45, 7) is 1.94. The Morgan fingerprint density at radius 2 is 1.93 bits per heavy atom. The summed E-state index contributed by atoms with van der Waals surface area (Å²) in [6, 6.07) is 6.38. The van der Waals surface area contributed by atoms with E-state index in [4.69, 9.17) is 5.14 Å². The standard InChI is InChI=1S/C21H29BrN2O3S/c1-14(17-4-3-5-18(7-17)28(23,26)27)24(2)19(25)12-20-8-15-6-16(9-20)11-21(22,10-15)13-20/h3-5,7,14-16H,6,8-13H2,1-2H3,(H2,23,26,27). The van der Waals surface area contributed by atoms with E-state index in [-0.39, 0.29) is 26.6 Å². The van der Waals surface area contributed by atoms with Crippen molar-refractivity contribution in [2.45, 2.75) is 67.1 Å². The van der Waals surface area contributed by atoms with Gasteiger partial charge >= 0.3 is 0 Å². The lowest BCUT2D eigenvalue weighted by molar-refractivity contribution is -0.139. The van der Waals surface area contributed by atoms with E-state index in [0.29, 0.717) is 6.42 Å². The SMILES string of the molecule is CC(c1cccc(S(N)(=O)=O)c1)N(C)C(=O)CC12CC3CC(CC(Br)(C3)C1)C2. The molecule has 0 radical (unpaired) electrons. The molecule has 5 rings (SSSR count). The molecule has 4 saturated carbocycles. The predicted molar refractivity (Wildman–Crippen MR) is 112 cm³/mol. The normalized spacial score (nSPS) is 35.0. The number of sulfonamides is 1. The molecule has 4 fully saturated rings. The van der Waals surface area contributed by atoms with Gasteiger partial charge in [0.1, 0.15) is 0 Å². The van der Waals surface area contributed by atoms with Gasteiger partial charge in [0.05, 0.1) is 10.9 Å². The molecule has 0 spiro atoms. The number of nitrogens with two attached hydrogens (primary N) is 1. The highest BCUT2D eigenvalue weighted by Crippen LogP contribution is 2.65. The Balaban J connectivity index is 1.50. The molecule has 0 saturated heterocycles. The van der Waals surface area contributed by atoms with E-state index < -0.39 is 10.0 Å². The van der Waals surface area contributed by atoms with E-state index >= 15 is 0 Å². The third-order valence-corrected chi connectivity index (χ3v) is 9.12. The average Bonchev–Trinajstić information content (AvgIpc) is 2.57. The van der Waals surface area contributed by atoms with Crippen LogP contribution in [-0.4, -0.2) is 30.6 Å². The Hall–Kier alpha value is -0.920. The zero-order chi connectivity index (χ0) is 20.3. The minimum absolute atomic E-state index is 0.0833. The van der Waals surface area contributed by atoms with Crippen LogP contribution in [0.2, 0.25) is 0 Å². The summed E-state index contributed by atoms with van der Waals surface area (Å²) in [5.41, 5.74) is 0.908. The number of hydrogen-bond donors (Lipinski definition) is 1. The van der Waals surface area contributed by atoms with E-state index in [9.17, 15) is 13.2 Å². The maximum atomic E-state index is 13.2. The number of carbonyl (C=O) groups is 1. The van der Waals surface area contributed by atoms with Gasteiger partial charge in [-0.15, -0.1) is 0 Å². The molecule has 4 bridgehead atoms. The number of alkyl halides is 1. The molecule has 3 unspecified atom stereocenters. The molecule has 2 N–H and O–H groups in total. The van der Waals surface area contributed by atoms with Crippen molar-refractivity contribution in [2.24, 2.45) is 22.4 Å². The molecule has 154 valence electrons. The highest BCUT2D eigenvalue weighted by Gasteiger charge is 2.57. The summed E-state index contributed by atoms with van der Waals surface area (Å²) in [6.07, 6.45) is 7.87. The van der Waals surface area contributed by atoms with Crippen molar-refractivity contribution < 1.29 is 13.2 Å². The van der Waals surface area contributed by atoms with Gasteiger partial charge in [0.25, 0.3) is 0 Å². The Bertz CT molecular complexity index is 887. The molecular weight excluding hydrogens is 440 g/mol. The quantitative estimate of drug-likeness (QED) is 0.663. The van der Waals surface area contributed by atoms with Crippen LogP contribution in [0.25, 0.3) is 0 Å². The molecule has 1 amide bonds. The highest BCUT2D eigenvalue weighted by atomic mass is 79.9. The molecule has 1 aromatic rings. The number of carbonyl (C=O) groups excluding carboxylic acids is 1. The second kappa shape index (κ2) is 6.81. The van der Waals surface area contributed by atoms with Crippen LogP contribution in [0, 0.1) is 17.3 Å². The summed E-state index contributed by atoms with van der Waals surface area (Å²) in [4.78, 5) is 15.0. The van der Waals surface area contributed by atoms with Crippen LogP contribution >= 0.6 is 15.9 Å². The molecule has 5 nitrogen and oxygen atoms in total. The van der Waals surface area contributed by atoms with Gasteiger partial charge in [-0.1, -0.05) is 28.1 Å². The van der Waals surface area contributed by atoms with E-state index in [1.165, 1.54) is 38.2 Å². The van der Waals surface area contributed by atoms with E-state index in [1.54, 1.807) is 17.0 Å². The van der Waals surface area contributed by atoms with Gasteiger partial charge in [-0.25, -0.2) is 13.6 Å². The Labute approximate surface area is 176 Å². The second-order valence-electron chi connectivity index (χ2n) is 9.59. The average molecular weight is 469 g/mol. The monoisotopic (exact) mass is 468 g/mol. The first-order valence-electron chi connectivity index (χ1n) is 10.1. The molecule has 3 atom stereocenters. The largest absolute Gasteiger partial charge is 0.339 e. The van der Waals surface area contributed by atoms with Gasteiger partial charge in [-0.2, -0.15) is 0 Å². The maximum absolute atomic E-state index is 13.2. The number of halogens is 1. The fourth-order valence-electron chi connectivity index (χ4n) is 6.38. The smallest absolute Gasteiger partial charge is 0.238 e. The van der Waals surface area contributed by atoms with Gasteiger partial charge in [0.2, 0.25) is 15.9 Å². The van der Waals surface area contributed by atoms with Crippen molar-refractivity contribution >= 4 is 31.9 Å². The van der Waals surface area contributed by atoms with E-state index in [2.05, 4.69) is 15.9 Å². The molecule has 7 heteroatoms. The van der Waals surface area contributed by atoms with Crippen molar-refractivity contribution in [2.75, 3.05) is 7.05 Å². The van der Waals surface area contributed by atoms with Crippen LogP contribution in [0.4, 0.5) is 0 Å². The number of benzene rings is 1. The summed E-state index contributed by atoms with van der Waals surface area (Å²) < 4.78 is 23.5. The minimum Gasteiger partial charge on any atom is -0.339 e. The maximum Gasteiger partial charge on any atom is 0.238 e. The third-order valence-electron chi connectivity index (χ3n) is 7.28. The number of rotatable bonds is 5. The first-order valence-corrected chi connectivity index (χ1v) is 12.4. The van der Waals surface area contributed by atoms with Crippen LogP contribution < -0.4 is 5.14 Å². The van der Waals surface area contributed by atoms with Crippen LogP contribution in [0.5, 0.6) is 0 Å². The molecule has 4 aliphatic carbocycles. The lowest BCUT2D eigenvalue weighted by atomic mass is 9.48. The van der Waals surface area contributed by atoms with Crippen molar-refractivity contribution in [3.63, 3.8) is 0 Å². The van der Waals surface area contributed by atoms with Crippen LogP contribution in [0.1, 0.15) is 63.5 Å². The van der Waals surface area contributed by atoms with Crippen LogP contribution in [0.3, 0.4) is 0 Å². The number of nitrogens with zero attached hydrogens (tertiary/aromatic N) is 1. The summed E-state index contributed by atoms with van der Waals surface area (Å²) in [5.74, 6) is 1.65. The zero-order valence-electron chi connectivity index (χ0n) is 16.5. The van der Waals surface area contributed by atoms with Gasteiger partial charge in [0.15, 0.2) is 0 Å². The fraction of sp³-hybridized carbons (Fsp3) is 0.667. The van der Waals surface area contributed by atoms with Gasteiger partial charge in [0, 0.05) is 17.8 Å². The van der Waals surface area contributed by atoms with Crippen molar-refractivity contribution in [1.82, 2.24) is 4.90 Å². The minimum atomic E-state index is -3.76. The predicted octanol–water partition coefficient (Wildman–Crippen LogP) is 3.98. The van der Waals surface area contributed by atoms with Crippen molar-refractivity contribution in [3.8, 4) is 0 Å². The molecule has 4 aliphatic rings. The Morgan fingerprint density at radius 1 is 1.29 bits per heavy atom.